The molecule has 0 unspecified atom stereocenters. The largest absolute Gasteiger partial charge is 0.378 e. The van der Waals surface area contributed by atoms with Crippen molar-refractivity contribution in [3.05, 3.63) is 74.4 Å². The summed E-state index contributed by atoms with van der Waals surface area (Å²) in [5.74, 6) is -0.314. The third kappa shape index (κ3) is 3.94. The summed E-state index contributed by atoms with van der Waals surface area (Å²) in [4.78, 5) is 52.7. The van der Waals surface area contributed by atoms with Gasteiger partial charge >= 0.3 is 5.69 Å². The van der Waals surface area contributed by atoms with Crippen molar-refractivity contribution in [2.24, 2.45) is 0 Å². The minimum Gasteiger partial charge on any atom is -0.378 e. The first-order valence-corrected chi connectivity index (χ1v) is 10.1. The van der Waals surface area contributed by atoms with Crippen molar-refractivity contribution in [3.63, 3.8) is 0 Å². The molecule has 0 radical (unpaired) electrons. The number of aryl methyl sites for hydroxylation is 1. The van der Waals surface area contributed by atoms with Crippen LogP contribution in [0.1, 0.15) is 22.8 Å². The van der Waals surface area contributed by atoms with E-state index in [-0.39, 0.29) is 18.2 Å². The number of ether oxygens (including phenoxy) is 1. The van der Waals surface area contributed by atoms with Crippen molar-refractivity contribution < 1.29 is 14.3 Å². The fraction of sp³-hybridized carbons (Fsp3) is 0.304. The Morgan fingerprint density at radius 1 is 1.00 bits per heavy atom. The number of aromatic nitrogens is 2. The van der Waals surface area contributed by atoms with Gasteiger partial charge in [0.2, 0.25) is 5.91 Å². The number of amides is 1. The van der Waals surface area contributed by atoms with Crippen LogP contribution in [0.5, 0.6) is 0 Å². The number of hydrogen-bond donors (Lipinski definition) is 0. The summed E-state index contributed by atoms with van der Waals surface area (Å²) in [6.07, 6.45) is 0. The van der Waals surface area contributed by atoms with Crippen molar-refractivity contribution in [2.75, 3.05) is 26.3 Å². The maximum absolute atomic E-state index is 13.4. The van der Waals surface area contributed by atoms with Crippen LogP contribution in [0.3, 0.4) is 0 Å². The maximum Gasteiger partial charge on any atom is 0.336 e. The minimum atomic E-state index is -0.599. The van der Waals surface area contributed by atoms with Crippen LogP contribution in [-0.2, 0) is 16.1 Å². The Hall–Kier alpha value is -3.52. The Morgan fingerprint density at radius 3 is 2.32 bits per heavy atom. The summed E-state index contributed by atoms with van der Waals surface area (Å²) in [6.45, 7) is 4.99. The van der Waals surface area contributed by atoms with E-state index in [9.17, 15) is 19.2 Å². The maximum atomic E-state index is 13.4. The van der Waals surface area contributed by atoms with Crippen LogP contribution >= 0.6 is 0 Å². The Labute approximate surface area is 178 Å². The summed E-state index contributed by atoms with van der Waals surface area (Å²) in [5, 5.41) is 0.352. The first-order chi connectivity index (χ1) is 14.9. The first kappa shape index (κ1) is 20.7. The molecule has 0 spiro atoms. The van der Waals surface area contributed by atoms with E-state index in [4.69, 9.17) is 4.74 Å². The van der Waals surface area contributed by atoms with Gasteiger partial charge in [-0.3, -0.25) is 19.0 Å². The van der Waals surface area contributed by atoms with E-state index < -0.39 is 11.2 Å². The van der Waals surface area contributed by atoms with Crippen LogP contribution in [0.15, 0.2) is 52.1 Å². The smallest absolute Gasteiger partial charge is 0.336 e. The molecule has 2 aromatic carbocycles. The van der Waals surface area contributed by atoms with Crippen LogP contribution in [0.25, 0.3) is 16.6 Å². The molecule has 0 aliphatic carbocycles. The number of carbonyl (C=O) groups is 2. The number of hydrogen-bond acceptors (Lipinski definition) is 5. The Kier molecular flexibility index (Phi) is 5.56. The van der Waals surface area contributed by atoms with Gasteiger partial charge in [-0.1, -0.05) is 11.6 Å². The van der Waals surface area contributed by atoms with E-state index >= 15 is 0 Å². The standard InChI is InChI=1S/C23H23N3O5/c1-15-3-8-20-19(13-15)22(29)26(18-6-4-17(5-7-18)16(2)27)23(30)25(20)14-21(28)24-9-11-31-12-10-24/h3-8,13H,9-12,14H2,1-2H3. The van der Waals surface area contributed by atoms with Gasteiger partial charge in [0, 0.05) is 18.7 Å². The van der Waals surface area contributed by atoms with Crippen LogP contribution in [-0.4, -0.2) is 52.0 Å². The number of carbonyl (C=O) groups excluding carboxylic acids is 2. The molecular weight excluding hydrogens is 398 g/mol. The van der Waals surface area contributed by atoms with Gasteiger partial charge in [0.1, 0.15) is 6.54 Å². The molecule has 2 heterocycles. The number of Topliss-reactive ketones (excluding diaryl/α,β-unsaturated/α-hetero) is 1. The number of nitrogens with zero attached hydrogens (tertiary/aromatic N) is 3. The normalized spacial score (nSPS) is 14.1. The van der Waals surface area contributed by atoms with E-state index in [2.05, 4.69) is 0 Å². The second kappa shape index (κ2) is 8.31. The van der Waals surface area contributed by atoms with Crippen molar-refractivity contribution >= 4 is 22.6 Å². The lowest BCUT2D eigenvalue weighted by molar-refractivity contribution is -0.135. The molecule has 1 saturated heterocycles. The molecule has 0 N–H and O–H groups in total. The second-order valence-electron chi connectivity index (χ2n) is 7.63. The van der Waals surface area contributed by atoms with Gasteiger partial charge in [-0.05, 0) is 50.2 Å². The van der Waals surface area contributed by atoms with E-state index in [0.29, 0.717) is 48.5 Å². The lowest BCUT2D eigenvalue weighted by atomic mass is 10.1. The Morgan fingerprint density at radius 2 is 1.68 bits per heavy atom. The Bertz CT molecular complexity index is 1280. The summed E-state index contributed by atoms with van der Waals surface area (Å²) in [6, 6.07) is 11.5. The molecule has 1 aromatic heterocycles. The van der Waals surface area contributed by atoms with Gasteiger partial charge in [-0.2, -0.15) is 0 Å². The molecule has 0 atom stereocenters. The SMILES string of the molecule is CC(=O)c1ccc(-n2c(=O)c3cc(C)ccc3n(CC(=O)N3CCOCC3)c2=O)cc1. The van der Waals surface area contributed by atoms with Crippen molar-refractivity contribution in [1.82, 2.24) is 14.0 Å². The fourth-order valence-electron chi connectivity index (χ4n) is 3.76. The number of ketones is 1. The van der Waals surface area contributed by atoms with Crippen LogP contribution in [0.2, 0.25) is 0 Å². The molecule has 8 nitrogen and oxygen atoms in total. The van der Waals surface area contributed by atoms with Crippen LogP contribution < -0.4 is 11.2 Å². The monoisotopic (exact) mass is 421 g/mol. The molecule has 3 aromatic rings. The third-order valence-electron chi connectivity index (χ3n) is 5.49. The van der Waals surface area contributed by atoms with Crippen molar-refractivity contribution in [2.45, 2.75) is 20.4 Å². The highest BCUT2D eigenvalue weighted by atomic mass is 16.5. The highest BCUT2D eigenvalue weighted by Crippen LogP contribution is 2.14. The van der Waals surface area contributed by atoms with E-state index in [1.54, 1.807) is 41.3 Å². The highest BCUT2D eigenvalue weighted by molar-refractivity contribution is 5.94. The highest BCUT2D eigenvalue weighted by Gasteiger charge is 2.21. The number of morpholine rings is 1. The van der Waals surface area contributed by atoms with Crippen LogP contribution in [0, 0.1) is 6.92 Å². The topological polar surface area (TPSA) is 90.6 Å². The fourth-order valence-corrected chi connectivity index (χ4v) is 3.76. The second-order valence-corrected chi connectivity index (χ2v) is 7.63. The zero-order valence-electron chi connectivity index (χ0n) is 17.5. The number of rotatable bonds is 4. The minimum absolute atomic E-state index is 0.110. The summed E-state index contributed by atoms with van der Waals surface area (Å²) in [5.41, 5.74) is 1.05. The van der Waals surface area contributed by atoms with Gasteiger partial charge < -0.3 is 9.64 Å². The molecule has 8 heteroatoms. The molecule has 1 aliphatic heterocycles. The summed E-state index contributed by atoms with van der Waals surface area (Å²) in [7, 11) is 0. The van der Waals surface area contributed by atoms with Gasteiger partial charge in [0.05, 0.1) is 29.8 Å². The lowest BCUT2D eigenvalue weighted by Crippen LogP contribution is -2.45. The molecule has 1 fully saturated rings. The molecule has 1 aliphatic rings. The Balaban J connectivity index is 1.88. The lowest BCUT2D eigenvalue weighted by Gasteiger charge is -2.27. The average molecular weight is 421 g/mol. The third-order valence-corrected chi connectivity index (χ3v) is 5.49. The average Bonchev–Trinajstić information content (AvgIpc) is 2.77. The molecule has 0 bridgehead atoms. The zero-order valence-corrected chi connectivity index (χ0v) is 17.5. The molecule has 160 valence electrons. The van der Waals surface area contributed by atoms with E-state index in [0.717, 1.165) is 10.1 Å². The predicted octanol–water partition coefficient (Wildman–Crippen LogP) is 1.52. The molecular formula is C23H23N3O5. The predicted molar refractivity (Wildman–Crippen MR) is 116 cm³/mol. The quantitative estimate of drug-likeness (QED) is 0.596. The zero-order chi connectivity index (χ0) is 22.1. The first-order valence-electron chi connectivity index (χ1n) is 10.1. The molecule has 1 amide bonds. The van der Waals surface area contributed by atoms with E-state index in [1.165, 1.54) is 11.5 Å². The van der Waals surface area contributed by atoms with Gasteiger partial charge in [0.15, 0.2) is 5.78 Å². The summed E-state index contributed by atoms with van der Waals surface area (Å²) >= 11 is 0. The summed E-state index contributed by atoms with van der Waals surface area (Å²) < 4.78 is 7.69. The van der Waals surface area contributed by atoms with Gasteiger partial charge in [-0.25, -0.2) is 9.36 Å². The van der Waals surface area contributed by atoms with Gasteiger partial charge in [0.25, 0.3) is 5.56 Å². The number of benzene rings is 2. The number of fused-ring (bicyclic) bond motifs is 1. The van der Waals surface area contributed by atoms with E-state index in [1.807, 2.05) is 13.0 Å². The van der Waals surface area contributed by atoms with Crippen LogP contribution in [0.4, 0.5) is 0 Å². The van der Waals surface area contributed by atoms with Crippen molar-refractivity contribution in [3.8, 4) is 5.69 Å². The molecule has 31 heavy (non-hydrogen) atoms. The molecule has 4 rings (SSSR count). The van der Waals surface area contributed by atoms with Crippen molar-refractivity contribution in [1.29, 1.82) is 0 Å². The van der Waals surface area contributed by atoms with Gasteiger partial charge in [-0.15, -0.1) is 0 Å². The molecule has 0 saturated carbocycles.